The van der Waals surface area contributed by atoms with Crippen LogP contribution in [0.1, 0.15) is 12.8 Å². The lowest BCUT2D eigenvalue weighted by Crippen LogP contribution is -2.40. The molecule has 0 radical (unpaired) electrons. The summed E-state index contributed by atoms with van der Waals surface area (Å²) in [6, 6.07) is 7.42. The van der Waals surface area contributed by atoms with E-state index in [9.17, 15) is 4.79 Å². The average molecular weight is 377 g/mol. The minimum absolute atomic E-state index is 0.0112. The normalized spacial score (nSPS) is 18.3. The van der Waals surface area contributed by atoms with Crippen LogP contribution in [-0.2, 0) is 4.79 Å². The highest BCUT2D eigenvalue weighted by Crippen LogP contribution is 2.34. The van der Waals surface area contributed by atoms with Crippen molar-refractivity contribution in [1.82, 2.24) is 15.0 Å². The fraction of sp³-hybridized carbons (Fsp3) is 0.300. The molecule has 8 heteroatoms. The predicted octanol–water partition coefficient (Wildman–Crippen LogP) is 2.61. The topological polar surface area (TPSA) is 89.5 Å². The van der Waals surface area contributed by atoms with Gasteiger partial charge in [0.05, 0.1) is 17.8 Å². The molecule has 1 saturated heterocycles. The number of amides is 1. The Kier molecular flexibility index (Phi) is 4.16. The summed E-state index contributed by atoms with van der Waals surface area (Å²) in [5.74, 6) is 1.27. The molecule has 28 heavy (non-hydrogen) atoms. The minimum atomic E-state index is -0.100. The van der Waals surface area contributed by atoms with Crippen molar-refractivity contribution in [3.05, 3.63) is 42.9 Å². The molecule has 8 nitrogen and oxygen atoms in total. The number of carbonyl (C=O) groups excluding carboxylic acids is 1. The number of nitrogens with zero attached hydrogens (tertiary/aromatic N) is 4. The average Bonchev–Trinajstić information content (AvgIpc) is 3.21. The van der Waals surface area contributed by atoms with E-state index in [0.29, 0.717) is 29.4 Å². The first kappa shape index (κ1) is 16.7. The molecule has 1 amide bonds. The second-order valence-electron chi connectivity index (χ2n) is 6.94. The third-order valence-electron chi connectivity index (χ3n) is 5.11. The molecule has 1 atom stereocenters. The number of pyridine rings is 1. The van der Waals surface area contributed by atoms with E-state index in [0.717, 1.165) is 30.6 Å². The molecule has 0 spiro atoms. The first-order valence-electron chi connectivity index (χ1n) is 9.28. The molecule has 1 unspecified atom stereocenters. The Hall–Kier alpha value is -3.42. The van der Waals surface area contributed by atoms with Crippen molar-refractivity contribution in [2.75, 3.05) is 30.1 Å². The molecule has 1 aromatic carbocycles. The van der Waals surface area contributed by atoms with Gasteiger partial charge in [-0.05, 0) is 31.0 Å². The Morgan fingerprint density at radius 2 is 2.00 bits per heavy atom. The number of anilines is 2. The first-order valence-corrected chi connectivity index (χ1v) is 9.28. The van der Waals surface area contributed by atoms with Crippen LogP contribution < -0.4 is 19.7 Å². The number of ether oxygens (including phenoxy) is 2. The van der Waals surface area contributed by atoms with Gasteiger partial charge in [0, 0.05) is 37.2 Å². The van der Waals surface area contributed by atoms with Gasteiger partial charge in [-0.2, -0.15) is 0 Å². The van der Waals surface area contributed by atoms with Gasteiger partial charge in [-0.25, -0.2) is 9.97 Å². The molecule has 3 aromatic rings. The van der Waals surface area contributed by atoms with E-state index < -0.39 is 0 Å². The summed E-state index contributed by atoms with van der Waals surface area (Å²) < 4.78 is 10.7. The number of piperidine rings is 1. The zero-order valence-electron chi connectivity index (χ0n) is 15.2. The van der Waals surface area contributed by atoms with Crippen LogP contribution in [0.25, 0.3) is 11.2 Å². The zero-order chi connectivity index (χ0) is 18.9. The fourth-order valence-corrected chi connectivity index (χ4v) is 3.66. The van der Waals surface area contributed by atoms with Crippen LogP contribution >= 0.6 is 0 Å². The molecule has 142 valence electrons. The van der Waals surface area contributed by atoms with Crippen LogP contribution in [0, 0.1) is 5.92 Å². The maximum Gasteiger partial charge on any atom is 0.231 e. The van der Waals surface area contributed by atoms with Crippen LogP contribution in [0.3, 0.4) is 0 Å². The molecule has 4 heterocycles. The second kappa shape index (κ2) is 6.95. The third kappa shape index (κ3) is 3.17. The molecular weight excluding hydrogens is 358 g/mol. The van der Waals surface area contributed by atoms with Gasteiger partial charge in [0.2, 0.25) is 12.7 Å². The van der Waals surface area contributed by atoms with E-state index in [2.05, 4.69) is 25.2 Å². The zero-order valence-corrected chi connectivity index (χ0v) is 15.2. The number of hydrogen-bond acceptors (Lipinski definition) is 7. The summed E-state index contributed by atoms with van der Waals surface area (Å²) >= 11 is 0. The van der Waals surface area contributed by atoms with Gasteiger partial charge in [0.1, 0.15) is 5.52 Å². The number of carbonyl (C=O) groups is 1. The quantitative estimate of drug-likeness (QED) is 0.750. The van der Waals surface area contributed by atoms with Crippen molar-refractivity contribution in [3.8, 4) is 11.5 Å². The molecule has 2 aliphatic rings. The maximum absolute atomic E-state index is 12.8. The van der Waals surface area contributed by atoms with Gasteiger partial charge in [-0.15, -0.1) is 0 Å². The molecule has 1 fully saturated rings. The van der Waals surface area contributed by atoms with Crippen molar-refractivity contribution in [2.24, 2.45) is 5.92 Å². The fourth-order valence-electron chi connectivity index (χ4n) is 3.66. The molecular formula is C20H19N5O3. The molecule has 2 aliphatic heterocycles. The Labute approximate surface area is 161 Å². The highest BCUT2D eigenvalue weighted by molar-refractivity contribution is 5.93. The monoisotopic (exact) mass is 377 g/mol. The van der Waals surface area contributed by atoms with E-state index in [1.165, 1.54) is 0 Å². The lowest BCUT2D eigenvalue weighted by Gasteiger charge is -2.33. The SMILES string of the molecule is O=C(Nc1ccc2c(c1)OCO2)C1CCCN(c2cnc3nccnc3c2)C1. The number of fused-ring (bicyclic) bond motifs is 2. The summed E-state index contributed by atoms with van der Waals surface area (Å²) in [5, 5.41) is 3.00. The summed E-state index contributed by atoms with van der Waals surface area (Å²) in [6.45, 7) is 1.75. The number of benzene rings is 1. The highest BCUT2D eigenvalue weighted by atomic mass is 16.7. The lowest BCUT2D eigenvalue weighted by atomic mass is 9.96. The molecule has 1 N–H and O–H groups in total. The number of nitrogens with one attached hydrogen (secondary N) is 1. The van der Waals surface area contributed by atoms with Crippen LogP contribution in [0.2, 0.25) is 0 Å². The molecule has 0 saturated carbocycles. The van der Waals surface area contributed by atoms with Gasteiger partial charge in [0.15, 0.2) is 17.1 Å². The van der Waals surface area contributed by atoms with E-state index in [4.69, 9.17) is 9.47 Å². The number of aromatic nitrogens is 3. The van der Waals surface area contributed by atoms with E-state index in [1.54, 1.807) is 24.7 Å². The Bertz CT molecular complexity index is 1040. The molecule has 0 aliphatic carbocycles. The van der Waals surface area contributed by atoms with Gasteiger partial charge >= 0.3 is 0 Å². The molecule has 5 rings (SSSR count). The highest BCUT2D eigenvalue weighted by Gasteiger charge is 2.27. The lowest BCUT2D eigenvalue weighted by molar-refractivity contribution is -0.120. The van der Waals surface area contributed by atoms with Crippen LogP contribution in [0.5, 0.6) is 11.5 Å². The van der Waals surface area contributed by atoms with Crippen molar-refractivity contribution in [1.29, 1.82) is 0 Å². The van der Waals surface area contributed by atoms with Gasteiger partial charge in [0.25, 0.3) is 0 Å². The third-order valence-corrected chi connectivity index (χ3v) is 5.11. The van der Waals surface area contributed by atoms with E-state index >= 15 is 0 Å². The Balaban J connectivity index is 1.30. The molecule has 0 bridgehead atoms. The van der Waals surface area contributed by atoms with Crippen LogP contribution in [-0.4, -0.2) is 40.7 Å². The number of hydrogen-bond donors (Lipinski definition) is 1. The predicted molar refractivity (Wildman–Crippen MR) is 103 cm³/mol. The smallest absolute Gasteiger partial charge is 0.231 e. The van der Waals surface area contributed by atoms with Gasteiger partial charge < -0.3 is 19.7 Å². The van der Waals surface area contributed by atoms with Crippen LogP contribution in [0.4, 0.5) is 11.4 Å². The minimum Gasteiger partial charge on any atom is -0.454 e. The second-order valence-corrected chi connectivity index (χ2v) is 6.94. The van der Waals surface area contributed by atoms with E-state index in [-0.39, 0.29) is 18.6 Å². The summed E-state index contributed by atoms with van der Waals surface area (Å²) in [6.07, 6.45) is 6.89. The van der Waals surface area contributed by atoms with Gasteiger partial charge in [-0.1, -0.05) is 0 Å². The van der Waals surface area contributed by atoms with Gasteiger partial charge in [-0.3, -0.25) is 9.78 Å². The number of rotatable bonds is 3. The van der Waals surface area contributed by atoms with Crippen molar-refractivity contribution in [2.45, 2.75) is 12.8 Å². The Morgan fingerprint density at radius 3 is 2.96 bits per heavy atom. The summed E-state index contributed by atoms with van der Waals surface area (Å²) in [4.78, 5) is 27.9. The van der Waals surface area contributed by atoms with E-state index in [1.807, 2.05) is 18.2 Å². The van der Waals surface area contributed by atoms with Crippen molar-refractivity contribution >= 4 is 28.4 Å². The maximum atomic E-state index is 12.8. The summed E-state index contributed by atoms with van der Waals surface area (Å²) in [7, 11) is 0. The largest absolute Gasteiger partial charge is 0.454 e. The molecule has 2 aromatic heterocycles. The summed E-state index contributed by atoms with van der Waals surface area (Å²) in [5.41, 5.74) is 3.06. The standard InChI is InChI=1S/C20H19N5O3/c26-20(24-14-3-4-17-18(8-14)28-12-27-17)13-2-1-7-25(11-13)15-9-16-19(23-10-15)22-6-5-21-16/h3-6,8-10,13H,1-2,7,11-12H2,(H,24,26). The van der Waals surface area contributed by atoms with Crippen LogP contribution in [0.15, 0.2) is 42.9 Å². The van der Waals surface area contributed by atoms with Crippen molar-refractivity contribution < 1.29 is 14.3 Å². The van der Waals surface area contributed by atoms with Crippen molar-refractivity contribution in [3.63, 3.8) is 0 Å². The first-order chi connectivity index (χ1) is 13.8. The Morgan fingerprint density at radius 1 is 1.11 bits per heavy atom.